The van der Waals surface area contributed by atoms with E-state index in [2.05, 4.69) is 10.3 Å². The van der Waals surface area contributed by atoms with Crippen LogP contribution in [0.5, 0.6) is 11.6 Å². The quantitative estimate of drug-likeness (QED) is 0.939. The van der Waals surface area contributed by atoms with Crippen molar-refractivity contribution in [2.45, 2.75) is 4.90 Å². The van der Waals surface area contributed by atoms with Crippen molar-refractivity contribution in [3.63, 3.8) is 0 Å². The first-order valence-corrected chi connectivity index (χ1v) is 7.72. The van der Waals surface area contributed by atoms with E-state index in [1.54, 1.807) is 0 Å². The van der Waals surface area contributed by atoms with E-state index in [4.69, 9.17) is 4.74 Å². The number of benzene rings is 1. The van der Waals surface area contributed by atoms with Gasteiger partial charge in [0.1, 0.15) is 5.75 Å². The van der Waals surface area contributed by atoms with E-state index in [0.717, 1.165) is 6.26 Å². The van der Waals surface area contributed by atoms with Gasteiger partial charge in [0.05, 0.1) is 4.90 Å². The Morgan fingerprint density at radius 2 is 1.90 bits per heavy atom. The Kier molecular flexibility index (Phi) is 4.08. The zero-order valence-electron chi connectivity index (χ0n) is 11.2. The predicted molar refractivity (Wildman–Crippen MR) is 73.3 cm³/mol. The third-order valence-electron chi connectivity index (χ3n) is 2.58. The fourth-order valence-corrected chi connectivity index (χ4v) is 2.23. The van der Waals surface area contributed by atoms with E-state index in [-0.39, 0.29) is 16.5 Å². The molecule has 112 valence electrons. The molecule has 0 atom stereocenters. The SMILES string of the molecule is CNc1nc(Oc2cccc(S(C)(=O)=O)c2)c(F)cc1F. The van der Waals surface area contributed by atoms with Gasteiger partial charge in [0.2, 0.25) is 0 Å². The number of rotatable bonds is 4. The molecular weight excluding hydrogens is 302 g/mol. The van der Waals surface area contributed by atoms with E-state index in [9.17, 15) is 17.2 Å². The molecule has 21 heavy (non-hydrogen) atoms. The summed E-state index contributed by atoms with van der Waals surface area (Å²) in [6.07, 6.45) is 1.04. The molecule has 8 heteroatoms. The summed E-state index contributed by atoms with van der Waals surface area (Å²) in [6.45, 7) is 0. The minimum Gasteiger partial charge on any atom is -0.436 e. The van der Waals surface area contributed by atoms with Crippen molar-refractivity contribution in [2.24, 2.45) is 0 Å². The molecule has 1 aromatic heterocycles. The average molecular weight is 314 g/mol. The van der Waals surface area contributed by atoms with Gasteiger partial charge in [0, 0.05) is 19.4 Å². The van der Waals surface area contributed by atoms with Crippen molar-refractivity contribution < 1.29 is 21.9 Å². The third kappa shape index (κ3) is 3.46. The first kappa shape index (κ1) is 15.2. The first-order valence-electron chi connectivity index (χ1n) is 5.83. The first-order chi connectivity index (χ1) is 9.81. The van der Waals surface area contributed by atoms with Gasteiger partial charge in [-0.15, -0.1) is 0 Å². The molecule has 0 unspecified atom stereocenters. The molecule has 1 aromatic carbocycles. The van der Waals surface area contributed by atoms with Crippen LogP contribution in [-0.2, 0) is 9.84 Å². The van der Waals surface area contributed by atoms with E-state index in [0.29, 0.717) is 6.07 Å². The number of aromatic nitrogens is 1. The number of sulfone groups is 1. The summed E-state index contributed by atoms with van der Waals surface area (Å²) in [7, 11) is -1.99. The molecule has 2 aromatic rings. The van der Waals surface area contributed by atoms with Gasteiger partial charge in [-0.2, -0.15) is 4.98 Å². The number of hydrogen-bond donors (Lipinski definition) is 1. The zero-order chi connectivity index (χ0) is 15.6. The van der Waals surface area contributed by atoms with Crippen LogP contribution in [-0.4, -0.2) is 26.7 Å². The van der Waals surface area contributed by atoms with Gasteiger partial charge in [-0.05, 0) is 18.2 Å². The second-order valence-electron chi connectivity index (χ2n) is 4.20. The normalized spacial score (nSPS) is 11.2. The third-order valence-corrected chi connectivity index (χ3v) is 3.69. The Balaban J connectivity index is 2.39. The van der Waals surface area contributed by atoms with Crippen LogP contribution >= 0.6 is 0 Å². The maximum absolute atomic E-state index is 13.6. The summed E-state index contributed by atoms with van der Waals surface area (Å²) in [5.41, 5.74) is 0. The van der Waals surface area contributed by atoms with Crippen molar-refractivity contribution in [2.75, 3.05) is 18.6 Å². The Morgan fingerprint density at radius 3 is 2.52 bits per heavy atom. The molecule has 1 heterocycles. The minimum atomic E-state index is -3.41. The van der Waals surface area contributed by atoms with Crippen LogP contribution in [0.25, 0.3) is 0 Å². The molecule has 0 fully saturated rings. The van der Waals surface area contributed by atoms with Crippen LogP contribution < -0.4 is 10.1 Å². The maximum Gasteiger partial charge on any atom is 0.258 e. The second-order valence-corrected chi connectivity index (χ2v) is 6.22. The predicted octanol–water partition coefficient (Wildman–Crippen LogP) is 2.60. The van der Waals surface area contributed by atoms with Crippen LogP contribution in [0, 0.1) is 11.6 Å². The number of nitrogens with one attached hydrogen (secondary N) is 1. The van der Waals surface area contributed by atoms with Crippen molar-refractivity contribution in [3.8, 4) is 11.6 Å². The topological polar surface area (TPSA) is 68.3 Å². The average Bonchev–Trinajstić information content (AvgIpc) is 2.41. The Morgan fingerprint density at radius 1 is 1.19 bits per heavy atom. The molecule has 0 aliphatic carbocycles. The van der Waals surface area contributed by atoms with Crippen molar-refractivity contribution in [1.29, 1.82) is 0 Å². The van der Waals surface area contributed by atoms with Crippen molar-refractivity contribution in [3.05, 3.63) is 42.0 Å². The monoisotopic (exact) mass is 314 g/mol. The number of anilines is 1. The van der Waals surface area contributed by atoms with Crippen LogP contribution in [0.15, 0.2) is 35.2 Å². The summed E-state index contributed by atoms with van der Waals surface area (Å²) >= 11 is 0. The highest BCUT2D eigenvalue weighted by Gasteiger charge is 2.14. The number of nitrogens with zero attached hydrogens (tertiary/aromatic N) is 1. The lowest BCUT2D eigenvalue weighted by Gasteiger charge is -2.09. The molecule has 0 bridgehead atoms. The lowest BCUT2D eigenvalue weighted by Crippen LogP contribution is -2.02. The molecule has 0 aliphatic rings. The molecule has 0 saturated carbocycles. The molecule has 0 radical (unpaired) electrons. The number of hydrogen-bond acceptors (Lipinski definition) is 5. The number of pyridine rings is 1. The summed E-state index contributed by atoms with van der Waals surface area (Å²) in [5.74, 6) is -2.39. The van der Waals surface area contributed by atoms with Gasteiger partial charge in [0.25, 0.3) is 5.88 Å². The van der Waals surface area contributed by atoms with Gasteiger partial charge >= 0.3 is 0 Å². The van der Waals surface area contributed by atoms with Gasteiger partial charge < -0.3 is 10.1 Å². The zero-order valence-corrected chi connectivity index (χ0v) is 12.0. The minimum absolute atomic E-state index is 0.0244. The van der Waals surface area contributed by atoms with Crippen LogP contribution in [0.3, 0.4) is 0 Å². The Hall–Kier alpha value is -2.22. The fourth-order valence-electron chi connectivity index (χ4n) is 1.58. The van der Waals surface area contributed by atoms with Crippen LogP contribution in [0.4, 0.5) is 14.6 Å². The lowest BCUT2D eigenvalue weighted by molar-refractivity contribution is 0.417. The summed E-state index contributed by atoms with van der Waals surface area (Å²) < 4.78 is 55.0. The smallest absolute Gasteiger partial charge is 0.258 e. The van der Waals surface area contributed by atoms with Gasteiger partial charge in [-0.1, -0.05) is 6.07 Å². The number of halogens is 2. The highest BCUT2D eigenvalue weighted by atomic mass is 32.2. The molecular formula is C13H12F2N2O3S. The molecule has 2 rings (SSSR count). The Labute approximate surface area is 120 Å². The highest BCUT2D eigenvalue weighted by molar-refractivity contribution is 7.90. The summed E-state index contributed by atoms with van der Waals surface area (Å²) in [5, 5.41) is 2.46. The van der Waals surface area contributed by atoms with Gasteiger partial charge in [-0.3, -0.25) is 0 Å². The molecule has 0 aliphatic heterocycles. The number of ether oxygens (including phenoxy) is 1. The highest BCUT2D eigenvalue weighted by Crippen LogP contribution is 2.27. The van der Waals surface area contributed by atoms with E-state index >= 15 is 0 Å². The standard InChI is InChI=1S/C13H12F2N2O3S/c1-16-12-10(14)7-11(15)13(17-12)20-8-4-3-5-9(6-8)21(2,18)19/h3-7H,1-2H3,(H,16,17). The van der Waals surface area contributed by atoms with Gasteiger partial charge in [0.15, 0.2) is 27.3 Å². The summed E-state index contributed by atoms with van der Waals surface area (Å²) in [4.78, 5) is 3.67. The van der Waals surface area contributed by atoms with E-state index in [1.165, 1.54) is 31.3 Å². The lowest BCUT2D eigenvalue weighted by atomic mass is 10.3. The summed E-state index contributed by atoms with van der Waals surface area (Å²) in [6, 6.07) is 6.15. The molecule has 0 spiro atoms. The largest absolute Gasteiger partial charge is 0.436 e. The second kappa shape index (κ2) is 5.65. The van der Waals surface area contributed by atoms with Crippen LogP contribution in [0.2, 0.25) is 0 Å². The molecule has 0 amide bonds. The molecule has 5 nitrogen and oxygen atoms in total. The van der Waals surface area contributed by atoms with Crippen LogP contribution in [0.1, 0.15) is 0 Å². The van der Waals surface area contributed by atoms with Gasteiger partial charge in [-0.25, -0.2) is 17.2 Å². The molecule has 0 saturated heterocycles. The van der Waals surface area contributed by atoms with E-state index in [1.807, 2.05) is 0 Å². The van der Waals surface area contributed by atoms with E-state index < -0.39 is 27.4 Å². The molecule has 1 N–H and O–H groups in total. The maximum atomic E-state index is 13.6. The fraction of sp³-hybridized carbons (Fsp3) is 0.154. The van der Waals surface area contributed by atoms with Crippen molar-refractivity contribution in [1.82, 2.24) is 4.98 Å². The Bertz CT molecular complexity index is 779. The van der Waals surface area contributed by atoms with Crippen molar-refractivity contribution >= 4 is 15.7 Å².